The molecule has 1 aliphatic rings. The highest BCUT2D eigenvalue weighted by atomic mass is 79.9. The summed E-state index contributed by atoms with van der Waals surface area (Å²) in [6, 6.07) is 15.6. The summed E-state index contributed by atoms with van der Waals surface area (Å²) in [5.41, 5.74) is 3.37. The number of aromatic nitrogens is 1. The van der Waals surface area contributed by atoms with Gasteiger partial charge in [-0.1, -0.05) is 27.7 Å². The van der Waals surface area contributed by atoms with E-state index in [1.807, 2.05) is 48.9 Å². The second kappa shape index (κ2) is 9.50. The van der Waals surface area contributed by atoms with Crippen molar-refractivity contribution in [1.82, 2.24) is 4.68 Å². The van der Waals surface area contributed by atoms with Crippen LogP contribution < -0.4 is 9.75 Å². The summed E-state index contributed by atoms with van der Waals surface area (Å²) in [4.78, 5) is 24.1. The first kappa shape index (κ1) is 23.2. The van der Waals surface area contributed by atoms with Crippen molar-refractivity contribution in [2.45, 2.75) is 20.5 Å². The van der Waals surface area contributed by atoms with Gasteiger partial charge in [0.2, 0.25) is 0 Å². The minimum atomic E-state index is -0.440. The SMILES string of the molecule is Cc1ccc(C)n1N1C(=O)/C(=C/c2cc(Br)ccc2OCc2ccc([N+](=O)[O-])cc2)SC1=S. The molecule has 168 valence electrons. The van der Waals surface area contributed by atoms with E-state index >= 15 is 0 Å². The average molecular weight is 544 g/mol. The number of carbonyl (C=O) groups excluding carboxylic acids is 1. The third-order valence-corrected chi connectivity index (χ3v) is 6.78. The summed E-state index contributed by atoms with van der Waals surface area (Å²) < 4.78 is 9.08. The van der Waals surface area contributed by atoms with E-state index in [2.05, 4.69) is 15.9 Å². The molecule has 3 aromatic rings. The zero-order valence-electron chi connectivity index (χ0n) is 17.6. The number of rotatable bonds is 6. The van der Waals surface area contributed by atoms with Crippen LogP contribution in [0.2, 0.25) is 0 Å². The van der Waals surface area contributed by atoms with Crippen LogP contribution >= 0.6 is 39.9 Å². The lowest BCUT2D eigenvalue weighted by atomic mass is 10.1. The number of thiocarbonyl (C=S) groups is 1. The Kier molecular flexibility index (Phi) is 6.68. The Morgan fingerprint density at radius 1 is 1.12 bits per heavy atom. The number of thioether (sulfide) groups is 1. The fraction of sp³-hybridized carbons (Fsp3) is 0.130. The van der Waals surface area contributed by atoms with Crippen LogP contribution in [0.15, 0.2) is 64.0 Å². The maximum Gasteiger partial charge on any atom is 0.285 e. The number of amides is 1. The smallest absolute Gasteiger partial charge is 0.285 e. The molecular formula is C23H18BrN3O4S2. The normalized spacial score (nSPS) is 14.9. The zero-order valence-corrected chi connectivity index (χ0v) is 20.9. The van der Waals surface area contributed by atoms with E-state index in [-0.39, 0.29) is 18.2 Å². The van der Waals surface area contributed by atoms with Crippen LogP contribution in [0.1, 0.15) is 22.5 Å². The molecule has 4 rings (SSSR count). The molecule has 0 aliphatic carbocycles. The Morgan fingerprint density at radius 2 is 1.79 bits per heavy atom. The quantitative estimate of drug-likeness (QED) is 0.167. The molecule has 1 saturated heterocycles. The minimum Gasteiger partial charge on any atom is -0.488 e. The van der Waals surface area contributed by atoms with Crippen LogP contribution in [0.5, 0.6) is 5.75 Å². The van der Waals surface area contributed by atoms with Gasteiger partial charge in [0.25, 0.3) is 11.6 Å². The Labute approximate surface area is 208 Å². The van der Waals surface area contributed by atoms with E-state index in [4.69, 9.17) is 17.0 Å². The van der Waals surface area contributed by atoms with Gasteiger partial charge in [-0.3, -0.25) is 19.6 Å². The van der Waals surface area contributed by atoms with Gasteiger partial charge in [0.1, 0.15) is 12.4 Å². The number of hydrogen-bond donors (Lipinski definition) is 0. The Balaban J connectivity index is 1.59. The van der Waals surface area contributed by atoms with Crippen molar-refractivity contribution in [2.75, 3.05) is 5.01 Å². The molecule has 0 radical (unpaired) electrons. The number of ether oxygens (including phenoxy) is 1. The number of benzene rings is 2. The number of nitro groups is 1. The first-order valence-electron chi connectivity index (χ1n) is 9.83. The second-order valence-electron chi connectivity index (χ2n) is 7.32. The lowest BCUT2D eigenvalue weighted by Crippen LogP contribution is -2.39. The molecule has 1 aromatic heterocycles. The highest BCUT2D eigenvalue weighted by Crippen LogP contribution is 2.35. The van der Waals surface area contributed by atoms with Crippen LogP contribution in [0.4, 0.5) is 5.69 Å². The number of carbonyl (C=O) groups is 1. The molecule has 0 atom stereocenters. The summed E-state index contributed by atoms with van der Waals surface area (Å²) >= 11 is 10.2. The van der Waals surface area contributed by atoms with Gasteiger partial charge in [-0.05, 0) is 80.2 Å². The van der Waals surface area contributed by atoms with Crippen molar-refractivity contribution in [1.29, 1.82) is 0 Å². The Hall–Kier alpha value is -2.95. The van der Waals surface area contributed by atoms with E-state index in [9.17, 15) is 14.9 Å². The summed E-state index contributed by atoms with van der Waals surface area (Å²) in [6.45, 7) is 4.07. The van der Waals surface area contributed by atoms with Gasteiger partial charge in [0, 0.05) is 33.6 Å². The van der Waals surface area contributed by atoms with Crippen LogP contribution in [-0.2, 0) is 11.4 Å². The lowest BCUT2D eigenvalue weighted by molar-refractivity contribution is -0.384. The van der Waals surface area contributed by atoms with Crippen molar-refractivity contribution in [3.05, 3.63) is 96.6 Å². The van der Waals surface area contributed by atoms with E-state index in [0.29, 0.717) is 20.5 Å². The fourth-order valence-electron chi connectivity index (χ4n) is 3.39. The maximum absolute atomic E-state index is 13.2. The summed E-state index contributed by atoms with van der Waals surface area (Å²) in [5.74, 6) is 0.379. The molecule has 2 heterocycles. The predicted octanol–water partition coefficient (Wildman–Crippen LogP) is 5.89. The van der Waals surface area contributed by atoms with Crippen molar-refractivity contribution >= 4 is 61.9 Å². The average Bonchev–Trinajstić information content (AvgIpc) is 3.24. The lowest BCUT2D eigenvalue weighted by Gasteiger charge is -2.20. The van der Waals surface area contributed by atoms with Crippen molar-refractivity contribution in [2.24, 2.45) is 0 Å². The van der Waals surface area contributed by atoms with Crippen LogP contribution in [0, 0.1) is 24.0 Å². The number of hydrogen-bond acceptors (Lipinski definition) is 6. The van der Waals surface area contributed by atoms with Crippen molar-refractivity contribution in [3.63, 3.8) is 0 Å². The monoisotopic (exact) mass is 543 g/mol. The molecule has 1 amide bonds. The molecule has 1 aliphatic heterocycles. The summed E-state index contributed by atoms with van der Waals surface area (Å²) in [6.07, 6.45) is 1.77. The third kappa shape index (κ3) is 4.87. The molecule has 0 spiro atoms. The fourth-order valence-corrected chi connectivity index (χ4v) is 5.00. The molecule has 7 nitrogen and oxygen atoms in total. The highest BCUT2D eigenvalue weighted by Gasteiger charge is 2.35. The molecule has 0 unspecified atom stereocenters. The molecule has 1 fully saturated rings. The van der Waals surface area contributed by atoms with Gasteiger partial charge in [-0.15, -0.1) is 0 Å². The van der Waals surface area contributed by atoms with Gasteiger partial charge in [-0.25, -0.2) is 0 Å². The first-order valence-corrected chi connectivity index (χ1v) is 11.9. The molecule has 0 saturated carbocycles. The van der Waals surface area contributed by atoms with Gasteiger partial charge >= 0.3 is 0 Å². The highest BCUT2D eigenvalue weighted by molar-refractivity contribution is 9.10. The number of aryl methyl sites for hydroxylation is 2. The van der Waals surface area contributed by atoms with Crippen molar-refractivity contribution < 1.29 is 14.5 Å². The standard InChI is InChI=1S/C23H18BrN3O4S2/c1-14-3-4-15(2)25(14)26-22(28)21(33-23(26)32)12-17-11-18(24)7-10-20(17)31-13-16-5-8-19(9-6-16)27(29)30/h3-12H,13H2,1-2H3/b21-12-. The van der Waals surface area contributed by atoms with Crippen LogP contribution in [-0.4, -0.2) is 19.8 Å². The van der Waals surface area contributed by atoms with Crippen LogP contribution in [0.25, 0.3) is 6.08 Å². The van der Waals surface area contributed by atoms with E-state index < -0.39 is 4.92 Å². The van der Waals surface area contributed by atoms with E-state index in [1.165, 1.54) is 28.9 Å². The number of halogens is 1. The molecule has 2 aromatic carbocycles. The number of nitrogens with zero attached hydrogens (tertiary/aromatic N) is 3. The summed E-state index contributed by atoms with van der Waals surface area (Å²) in [7, 11) is 0. The predicted molar refractivity (Wildman–Crippen MR) is 137 cm³/mol. The summed E-state index contributed by atoms with van der Waals surface area (Å²) in [5, 5.41) is 12.3. The zero-order chi connectivity index (χ0) is 23.7. The van der Waals surface area contributed by atoms with Gasteiger partial charge < -0.3 is 4.74 Å². The first-order chi connectivity index (χ1) is 15.7. The number of nitro benzene ring substituents is 1. The molecule has 0 N–H and O–H groups in total. The second-order valence-corrected chi connectivity index (χ2v) is 9.91. The largest absolute Gasteiger partial charge is 0.488 e. The molecule has 10 heteroatoms. The van der Waals surface area contributed by atoms with Gasteiger partial charge in [0.05, 0.1) is 9.83 Å². The number of non-ortho nitro benzene ring substituents is 1. The Bertz CT molecular complexity index is 1280. The molecule has 33 heavy (non-hydrogen) atoms. The van der Waals surface area contributed by atoms with Gasteiger partial charge in [0.15, 0.2) is 4.32 Å². The maximum atomic E-state index is 13.2. The Morgan fingerprint density at radius 3 is 2.42 bits per heavy atom. The topological polar surface area (TPSA) is 77.6 Å². The van der Waals surface area contributed by atoms with E-state index in [0.717, 1.165) is 21.4 Å². The minimum absolute atomic E-state index is 0.0262. The van der Waals surface area contributed by atoms with Gasteiger partial charge in [-0.2, -0.15) is 5.01 Å². The van der Waals surface area contributed by atoms with E-state index in [1.54, 1.807) is 18.2 Å². The third-order valence-electron chi connectivity index (χ3n) is 5.01. The van der Waals surface area contributed by atoms with Crippen molar-refractivity contribution in [3.8, 4) is 5.75 Å². The van der Waals surface area contributed by atoms with Crippen LogP contribution in [0.3, 0.4) is 0 Å². The molecular weight excluding hydrogens is 526 g/mol. The molecule has 0 bridgehead atoms.